The second kappa shape index (κ2) is 7.88. The number of carbonyl (C=O) groups is 3. The molecule has 2 aliphatic carbocycles. The molecule has 7 nitrogen and oxygen atoms in total. The van der Waals surface area contributed by atoms with E-state index >= 15 is 0 Å². The third kappa shape index (κ3) is 3.58. The molecule has 0 radical (unpaired) electrons. The number of amides is 1. The second-order valence-corrected chi connectivity index (χ2v) is 8.35. The quantitative estimate of drug-likeness (QED) is 0.501. The van der Waals surface area contributed by atoms with Crippen LogP contribution in [0.2, 0.25) is 0 Å². The summed E-state index contributed by atoms with van der Waals surface area (Å²) >= 11 is 1.31. The first kappa shape index (κ1) is 22.4. The van der Waals surface area contributed by atoms with Crippen LogP contribution in [0, 0.1) is 36.4 Å². The zero-order chi connectivity index (χ0) is 20.1. The highest BCUT2D eigenvalue weighted by Crippen LogP contribution is 2.64. The van der Waals surface area contributed by atoms with Crippen LogP contribution in [0.1, 0.15) is 12.5 Å². The number of aliphatic carboxylic acids is 2. The van der Waals surface area contributed by atoms with E-state index in [1.54, 1.807) is 19.1 Å². The molecule has 1 amide bonds. The largest absolute Gasteiger partial charge is 0.481 e. The Bertz CT molecular complexity index is 825. The van der Waals surface area contributed by atoms with Gasteiger partial charge in [-0.25, -0.2) is 4.39 Å². The van der Waals surface area contributed by atoms with Gasteiger partial charge in [0.2, 0.25) is 5.91 Å². The maximum atomic E-state index is 13.4. The summed E-state index contributed by atoms with van der Waals surface area (Å²) in [6.07, 6.45) is 0. The molecule has 1 aromatic carbocycles. The number of benzene rings is 1. The van der Waals surface area contributed by atoms with Gasteiger partial charge in [0, 0.05) is 35.4 Å². The van der Waals surface area contributed by atoms with Crippen molar-refractivity contribution in [2.24, 2.45) is 29.4 Å². The van der Waals surface area contributed by atoms with Crippen molar-refractivity contribution in [3.05, 3.63) is 29.6 Å². The Balaban J connectivity index is 0.00000280. The Morgan fingerprint density at radius 3 is 2.46 bits per heavy atom. The molecule has 0 aromatic heterocycles. The van der Waals surface area contributed by atoms with E-state index in [4.69, 9.17) is 5.73 Å². The lowest BCUT2D eigenvalue weighted by Gasteiger charge is -2.34. The third-order valence-electron chi connectivity index (χ3n) is 5.67. The van der Waals surface area contributed by atoms with Crippen molar-refractivity contribution in [2.75, 3.05) is 5.75 Å². The lowest BCUT2D eigenvalue weighted by atomic mass is 9.80. The van der Waals surface area contributed by atoms with Gasteiger partial charge in [0.25, 0.3) is 0 Å². The van der Waals surface area contributed by atoms with E-state index in [0.29, 0.717) is 5.56 Å². The Kier molecular flexibility index (Phi) is 6.32. The van der Waals surface area contributed by atoms with Gasteiger partial charge in [-0.1, -0.05) is 0 Å². The lowest BCUT2D eigenvalue weighted by molar-refractivity contribution is -0.147. The predicted molar refractivity (Wildman–Crippen MR) is 103 cm³/mol. The number of halogens is 2. The van der Waals surface area contributed by atoms with Crippen molar-refractivity contribution in [1.82, 2.24) is 5.32 Å². The number of rotatable bonds is 6. The minimum absolute atomic E-state index is 0. The fraction of sp³-hybridized carbons (Fsp3) is 0.500. The number of carboxylic acid groups (broad SMARTS) is 2. The van der Waals surface area contributed by atoms with Gasteiger partial charge in [0.05, 0.1) is 5.92 Å². The summed E-state index contributed by atoms with van der Waals surface area (Å²) in [5, 5.41) is 21.9. The number of nitrogens with two attached hydrogens (primary N) is 1. The average molecular weight is 433 g/mol. The number of aryl methyl sites for hydroxylation is 1. The van der Waals surface area contributed by atoms with Gasteiger partial charge in [-0.2, -0.15) is 0 Å². The summed E-state index contributed by atoms with van der Waals surface area (Å²) in [6, 6.07) is 3.95. The molecular formula is C18H22ClFN2O5S. The molecule has 5 N–H and O–H groups in total. The fourth-order valence-electron chi connectivity index (χ4n) is 4.39. The summed E-state index contributed by atoms with van der Waals surface area (Å²) in [5.74, 6) is -5.57. The van der Waals surface area contributed by atoms with Gasteiger partial charge in [0.15, 0.2) is 0 Å². The van der Waals surface area contributed by atoms with Gasteiger partial charge in [-0.05, 0) is 36.6 Å². The average Bonchev–Trinajstić information content (AvgIpc) is 3.27. The second-order valence-electron chi connectivity index (χ2n) is 7.26. The van der Waals surface area contributed by atoms with Crippen LogP contribution in [0.5, 0.6) is 0 Å². The van der Waals surface area contributed by atoms with Gasteiger partial charge in [-0.3, -0.25) is 14.4 Å². The van der Waals surface area contributed by atoms with Gasteiger partial charge >= 0.3 is 11.9 Å². The summed E-state index contributed by atoms with van der Waals surface area (Å²) < 4.78 is 13.4. The van der Waals surface area contributed by atoms with E-state index in [9.17, 15) is 29.0 Å². The van der Waals surface area contributed by atoms with Crippen LogP contribution < -0.4 is 11.1 Å². The number of carbonyl (C=O) groups excluding carboxylic acids is 1. The number of hydrogen-bond donors (Lipinski definition) is 4. The normalized spacial score (nSPS) is 32.8. The Morgan fingerprint density at radius 2 is 1.96 bits per heavy atom. The SMILES string of the molecule is CC(=O)N[C@H]1[C@H]2[C@H](C(=O)O)[C@H]2[C@](N)(C(=O)O)[C@@H]1CSc1ccc(F)c(C)c1.Cl. The van der Waals surface area contributed by atoms with Crippen LogP contribution >= 0.6 is 24.2 Å². The van der Waals surface area contributed by atoms with Gasteiger partial charge < -0.3 is 21.3 Å². The number of fused-ring (bicyclic) bond motifs is 1. The Labute approximate surface area is 171 Å². The highest BCUT2D eigenvalue weighted by atomic mass is 35.5. The molecular weight excluding hydrogens is 411 g/mol. The molecule has 3 rings (SSSR count). The third-order valence-corrected chi connectivity index (χ3v) is 6.79. The van der Waals surface area contributed by atoms with Crippen molar-refractivity contribution >= 4 is 42.0 Å². The summed E-state index contributed by atoms with van der Waals surface area (Å²) in [6.45, 7) is 2.93. The number of thioether (sulfide) groups is 1. The Hall–Kier alpha value is -1.84. The van der Waals surface area contributed by atoms with Crippen molar-refractivity contribution in [2.45, 2.75) is 30.3 Å². The standard InChI is InChI=1S/C18H21FN2O5S.ClH/c1-7-5-9(3-4-11(7)19)27-6-10-15(21-8(2)22)12-13(16(23)24)14(12)18(10,20)17(25)26;/h3-5,10,12-15H,6,20H2,1-2H3,(H,21,22)(H,23,24)(H,25,26);1H/t10-,12+,13+,14+,15-,18+;/m1./s1. The van der Waals surface area contributed by atoms with Crippen LogP contribution in [0.3, 0.4) is 0 Å². The lowest BCUT2D eigenvalue weighted by Crippen LogP contribution is -2.60. The molecule has 0 spiro atoms. The molecule has 0 aliphatic heterocycles. The van der Waals surface area contributed by atoms with E-state index in [2.05, 4.69) is 5.32 Å². The zero-order valence-corrected chi connectivity index (χ0v) is 16.8. The topological polar surface area (TPSA) is 130 Å². The number of carboxylic acids is 2. The molecule has 1 aromatic rings. The fourth-order valence-corrected chi connectivity index (χ4v) is 5.67. The molecule has 0 heterocycles. The molecule has 28 heavy (non-hydrogen) atoms. The van der Waals surface area contributed by atoms with E-state index in [1.807, 2.05) is 0 Å². The van der Waals surface area contributed by atoms with Gasteiger partial charge in [-0.15, -0.1) is 24.2 Å². The molecule has 2 fully saturated rings. The molecule has 154 valence electrons. The van der Waals surface area contributed by atoms with Crippen LogP contribution in [-0.4, -0.2) is 45.4 Å². The first-order valence-corrected chi connectivity index (χ1v) is 9.48. The van der Waals surface area contributed by atoms with Gasteiger partial charge in [0.1, 0.15) is 11.4 Å². The molecule has 0 bridgehead atoms. The monoisotopic (exact) mass is 432 g/mol. The molecule has 2 saturated carbocycles. The first-order chi connectivity index (χ1) is 12.6. The molecule has 6 atom stereocenters. The maximum Gasteiger partial charge on any atom is 0.324 e. The maximum absolute atomic E-state index is 13.4. The molecule has 2 aliphatic rings. The van der Waals surface area contributed by atoms with Crippen LogP contribution in [0.4, 0.5) is 4.39 Å². The minimum atomic E-state index is -1.75. The smallest absolute Gasteiger partial charge is 0.324 e. The van der Waals surface area contributed by atoms with Crippen molar-refractivity contribution in [3.63, 3.8) is 0 Å². The van der Waals surface area contributed by atoms with Crippen molar-refractivity contribution in [1.29, 1.82) is 0 Å². The summed E-state index contributed by atoms with van der Waals surface area (Å²) in [7, 11) is 0. The van der Waals surface area contributed by atoms with Crippen molar-refractivity contribution < 1.29 is 29.0 Å². The van der Waals surface area contributed by atoms with Crippen LogP contribution in [-0.2, 0) is 14.4 Å². The summed E-state index contributed by atoms with van der Waals surface area (Å²) in [5.41, 5.74) is 4.98. The van der Waals surface area contributed by atoms with Crippen LogP contribution in [0.15, 0.2) is 23.1 Å². The molecule has 10 heteroatoms. The zero-order valence-electron chi connectivity index (χ0n) is 15.2. The summed E-state index contributed by atoms with van der Waals surface area (Å²) in [4.78, 5) is 35.8. The number of nitrogens with one attached hydrogen (secondary N) is 1. The predicted octanol–water partition coefficient (Wildman–Crippen LogP) is 1.51. The highest BCUT2D eigenvalue weighted by Gasteiger charge is 2.77. The molecule has 0 unspecified atom stereocenters. The number of hydrogen-bond acceptors (Lipinski definition) is 5. The van der Waals surface area contributed by atoms with E-state index < -0.39 is 47.2 Å². The highest BCUT2D eigenvalue weighted by molar-refractivity contribution is 7.99. The van der Waals surface area contributed by atoms with E-state index in [1.165, 1.54) is 24.8 Å². The van der Waals surface area contributed by atoms with Crippen molar-refractivity contribution in [3.8, 4) is 0 Å². The Morgan fingerprint density at radius 1 is 1.32 bits per heavy atom. The van der Waals surface area contributed by atoms with E-state index in [0.717, 1.165) is 4.90 Å². The molecule has 0 saturated heterocycles. The van der Waals surface area contributed by atoms with E-state index in [-0.39, 0.29) is 29.9 Å². The minimum Gasteiger partial charge on any atom is -0.481 e. The first-order valence-electron chi connectivity index (χ1n) is 8.50. The van der Waals surface area contributed by atoms with Crippen LogP contribution in [0.25, 0.3) is 0 Å².